The van der Waals surface area contributed by atoms with E-state index in [-0.39, 0.29) is 5.91 Å². The predicted octanol–water partition coefficient (Wildman–Crippen LogP) is 0.301. The average molecular weight is 220 g/mol. The van der Waals surface area contributed by atoms with Gasteiger partial charge < -0.3 is 10.2 Å². The van der Waals surface area contributed by atoms with E-state index in [0.717, 1.165) is 26.1 Å². The molecule has 0 aliphatic carbocycles. The molecule has 1 aliphatic heterocycles. The summed E-state index contributed by atoms with van der Waals surface area (Å²) in [5.74, 6) is 0.0473. The lowest BCUT2D eigenvalue weighted by Crippen LogP contribution is -2.41. The largest absolute Gasteiger partial charge is 0.335 e. The lowest BCUT2D eigenvalue weighted by Gasteiger charge is -2.27. The summed E-state index contributed by atoms with van der Waals surface area (Å²) in [6.45, 7) is 4.61. The van der Waals surface area contributed by atoms with Crippen molar-refractivity contribution < 1.29 is 4.79 Å². The van der Waals surface area contributed by atoms with E-state index in [4.69, 9.17) is 0 Å². The quantitative estimate of drug-likeness (QED) is 0.796. The Balaban J connectivity index is 2.12. The van der Waals surface area contributed by atoms with E-state index in [1.54, 1.807) is 12.3 Å². The molecule has 16 heavy (non-hydrogen) atoms. The van der Waals surface area contributed by atoms with Gasteiger partial charge in [-0.1, -0.05) is 0 Å². The van der Waals surface area contributed by atoms with E-state index in [1.807, 2.05) is 11.8 Å². The van der Waals surface area contributed by atoms with E-state index in [2.05, 4.69) is 15.5 Å². The number of carbonyl (C=O) groups is 1. The molecule has 1 atom stereocenters. The monoisotopic (exact) mass is 220 g/mol. The molecule has 1 amide bonds. The number of amides is 1. The predicted molar refractivity (Wildman–Crippen MR) is 60.0 cm³/mol. The van der Waals surface area contributed by atoms with Crippen LogP contribution in [-0.2, 0) is 0 Å². The minimum Gasteiger partial charge on any atom is -0.335 e. The van der Waals surface area contributed by atoms with Crippen LogP contribution in [0.4, 0.5) is 0 Å². The van der Waals surface area contributed by atoms with Crippen LogP contribution in [0, 0.1) is 0 Å². The van der Waals surface area contributed by atoms with Gasteiger partial charge in [0.1, 0.15) is 0 Å². The number of hydrogen-bond donors (Lipinski definition) is 1. The van der Waals surface area contributed by atoms with Gasteiger partial charge in [-0.3, -0.25) is 4.79 Å². The van der Waals surface area contributed by atoms with Crippen LogP contribution in [0.25, 0.3) is 0 Å². The third-order valence-electron chi connectivity index (χ3n) is 2.91. The Morgan fingerprint density at radius 1 is 1.62 bits per heavy atom. The van der Waals surface area contributed by atoms with Crippen LogP contribution in [0.15, 0.2) is 18.5 Å². The number of carbonyl (C=O) groups excluding carboxylic acids is 1. The Hall–Kier alpha value is -1.49. The first-order chi connectivity index (χ1) is 7.83. The fourth-order valence-corrected chi connectivity index (χ4v) is 2.06. The van der Waals surface area contributed by atoms with E-state index in [0.29, 0.717) is 11.6 Å². The number of nitrogens with zero attached hydrogens (tertiary/aromatic N) is 3. The third-order valence-corrected chi connectivity index (χ3v) is 2.91. The van der Waals surface area contributed by atoms with Gasteiger partial charge in [0, 0.05) is 19.1 Å². The van der Waals surface area contributed by atoms with Crippen LogP contribution >= 0.6 is 0 Å². The Bertz CT molecular complexity index is 348. The normalized spacial score (nSPS) is 19.7. The lowest BCUT2D eigenvalue weighted by atomic mass is 10.2. The van der Waals surface area contributed by atoms with Crippen molar-refractivity contribution in [3.8, 4) is 0 Å². The Morgan fingerprint density at radius 3 is 3.06 bits per heavy atom. The van der Waals surface area contributed by atoms with Crippen molar-refractivity contribution in [2.75, 3.05) is 19.6 Å². The summed E-state index contributed by atoms with van der Waals surface area (Å²) in [6.07, 6.45) is 4.10. The molecule has 1 unspecified atom stereocenters. The molecule has 1 aliphatic rings. The Kier molecular flexibility index (Phi) is 3.46. The topological polar surface area (TPSA) is 58.1 Å². The summed E-state index contributed by atoms with van der Waals surface area (Å²) in [4.78, 5) is 14.1. The summed E-state index contributed by atoms with van der Waals surface area (Å²) in [6, 6.07) is 2.02. The van der Waals surface area contributed by atoms with Gasteiger partial charge in [-0.25, -0.2) is 0 Å². The molecule has 1 saturated heterocycles. The highest BCUT2D eigenvalue weighted by Gasteiger charge is 2.25. The third kappa shape index (κ3) is 2.19. The van der Waals surface area contributed by atoms with Crippen LogP contribution in [-0.4, -0.2) is 46.7 Å². The number of rotatable bonds is 3. The molecule has 2 heterocycles. The highest BCUT2D eigenvalue weighted by molar-refractivity contribution is 5.94. The molecule has 5 heteroatoms. The molecule has 0 aromatic carbocycles. The van der Waals surface area contributed by atoms with Crippen molar-refractivity contribution in [3.63, 3.8) is 0 Å². The molecule has 0 spiro atoms. The highest BCUT2D eigenvalue weighted by atomic mass is 16.2. The van der Waals surface area contributed by atoms with Gasteiger partial charge in [0.15, 0.2) is 0 Å². The smallest absolute Gasteiger partial charge is 0.255 e. The molecule has 0 bridgehead atoms. The first-order valence-corrected chi connectivity index (χ1v) is 5.61. The van der Waals surface area contributed by atoms with Crippen molar-refractivity contribution in [1.82, 2.24) is 20.4 Å². The zero-order valence-corrected chi connectivity index (χ0v) is 9.39. The summed E-state index contributed by atoms with van der Waals surface area (Å²) in [5, 5.41) is 10.7. The van der Waals surface area contributed by atoms with Crippen molar-refractivity contribution in [2.24, 2.45) is 0 Å². The van der Waals surface area contributed by atoms with E-state index < -0.39 is 0 Å². The first-order valence-electron chi connectivity index (χ1n) is 5.61. The molecule has 5 nitrogen and oxygen atoms in total. The zero-order valence-electron chi connectivity index (χ0n) is 9.39. The van der Waals surface area contributed by atoms with Crippen molar-refractivity contribution in [2.45, 2.75) is 19.4 Å². The number of nitrogens with one attached hydrogen (secondary N) is 1. The molecular formula is C11H16N4O. The number of likely N-dealkylation sites (N-methyl/N-ethyl adjacent to an activating group) is 1. The molecule has 86 valence electrons. The van der Waals surface area contributed by atoms with Gasteiger partial charge >= 0.3 is 0 Å². The van der Waals surface area contributed by atoms with E-state index in [1.165, 1.54) is 6.20 Å². The van der Waals surface area contributed by atoms with Crippen LogP contribution in [0.3, 0.4) is 0 Å². The van der Waals surface area contributed by atoms with E-state index in [9.17, 15) is 4.79 Å². The SMILES string of the molecule is CCN(C(=O)c1ccnnc1)C1CCNC1. The fourth-order valence-electron chi connectivity index (χ4n) is 2.06. The highest BCUT2D eigenvalue weighted by Crippen LogP contribution is 2.12. The van der Waals surface area contributed by atoms with Crippen LogP contribution in [0.1, 0.15) is 23.7 Å². The first kappa shape index (κ1) is 11.0. The molecular weight excluding hydrogens is 204 g/mol. The van der Waals surface area contributed by atoms with Gasteiger partial charge in [0.2, 0.25) is 0 Å². The summed E-state index contributed by atoms with van der Waals surface area (Å²) in [7, 11) is 0. The van der Waals surface area contributed by atoms with Crippen LogP contribution in [0.5, 0.6) is 0 Å². The molecule has 1 N–H and O–H groups in total. The van der Waals surface area contributed by atoms with Crippen molar-refractivity contribution in [1.29, 1.82) is 0 Å². The molecule has 1 fully saturated rings. The standard InChI is InChI=1S/C11H16N4O/c1-2-15(10-4-5-12-8-10)11(16)9-3-6-13-14-7-9/h3,6-7,10,12H,2,4-5,8H2,1H3. The minimum absolute atomic E-state index is 0.0473. The summed E-state index contributed by atoms with van der Waals surface area (Å²) in [5.41, 5.74) is 0.615. The van der Waals surface area contributed by atoms with Gasteiger partial charge in [-0.2, -0.15) is 10.2 Å². The summed E-state index contributed by atoms with van der Waals surface area (Å²) < 4.78 is 0. The minimum atomic E-state index is 0.0473. The van der Waals surface area contributed by atoms with Gasteiger partial charge in [-0.05, 0) is 26.0 Å². The van der Waals surface area contributed by atoms with Crippen molar-refractivity contribution >= 4 is 5.91 Å². The molecule has 1 aromatic heterocycles. The van der Waals surface area contributed by atoms with E-state index >= 15 is 0 Å². The molecule has 1 aromatic rings. The van der Waals surface area contributed by atoms with Crippen LogP contribution < -0.4 is 5.32 Å². The number of aromatic nitrogens is 2. The maximum atomic E-state index is 12.2. The summed E-state index contributed by atoms with van der Waals surface area (Å²) >= 11 is 0. The Labute approximate surface area is 94.9 Å². The maximum Gasteiger partial charge on any atom is 0.255 e. The van der Waals surface area contributed by atoms with Gasteiger partial charge in [0.25, 0.3) is 5.91 Å². The second-order valence-corrected chi connectivity index (χ2v) is 3.87. The molecule has 0 radical (unpaired) electrons. The number of hydrogen-bond acceptors (Lipinski definition) is 4. The Morgan fingerprint density at radius 2 is 2.50 bits per heavy atom. The fraction of sp³-hybridized carbons (Fsp3) is 0.545. The second-order valence-electron chi connectivity index (χ2n) is 3.87. The molecule has 0 saturated carbocycles. The van der Waals surface area contributed by atoms with Crippen molar-refractivity contribution in [3.05, 3.63) is 24.0 Å². The lowest BCUT2D eigenvalue weighted by molar-refractivity contribution is 0.0703. The maximum absolute atomic E-state index is 12.2. The van der Waals surface area contributed by atoms with Gasteiger partial charge in [0.05, 0.1) is 18.0 Å². The second kappa shape index (κ2) is 5.03. The zero-order chi connectivity index (χ0) is 11.4. The van der Waals surface area contributed by atoms with Gasteiger partial charge in [-0.15, -0.1) is 0 Å². The average Bonchev–Trinajstić information content (AvgIpc) is 2.85. The van der Waals surface area contributed by atoms with Crippen LogP contribution in [0.2, 0.25) is 0 Å². The molecule has 2 rings (SSSR count).